The fourth-order valence-corrected chi connectivity index (χ4v) is 3.19. The zero-order valence-electron chi connectivity index (χ0n) is 14.7. The van der Waals surface area contributed by atoms with Gasteiger partial charge in [0.15, 0.2) is 5.78 Å². The molecule has 0 radical (unpaired) electrons. The summed E-state index contributed by atoms with van der Waals surface area (Å²) in [6, 6.07) is 3.08. The molecule has 26 heavy (non-hydrogen) atoms. The largest absolute Gasteiger partial charge is 0.481 e. The SMILES string of the molecule is CC(CC(=O)O)C(=O)c1ccc(CCN2CCCC2=O)c(C(N)=O)c1N. The summed E-state index contributed by atoms with van der Waals surface area (Å²) in [4.78, 5) is 48.6. The molecule has 140 valence electrons. The summed E-state index contributed by atoms with van der Waals surface area (Å²) >= 11 is 0. The average molecular weight is 361 g/mol. The number of ketones is 1. The number of Topliss-reactive ketones (excluding diaryl/α,β-unsaturated/α-hetero) is 1. The number of hydrogen-bond donors (Lipinski definition) is 3. The first kappa shape index (κ1) is 19.4. The van der Waals surface area contributed by atoms with Crippen LogP contribution in [0.4, 0.5) is 5.69 Å². The lowest BCUT2D eigenvalue weighted by molar-refractivity contribution is -0.137. The predicted octanol–water partition coefficient (Wildman–Crippen LogP) is 0.826. The third-order valence-corrected chi connectivity index (χ3v) is 4.59. The summed E-state index contributed by atoms with van der Waals surface area (Å²) in [5.74, 6) is -3.00. The number of hydrogen-bond acceptors (Lipinski definition) is 5. The van der Waals surface area contributed by atoms with E-state index in [1.807, 2.05) is 0 Å². The molecule has 8 heteroatoms. The number of aliphatic carboxylic acids is 1. The number of nitrogens with zero attached hydrogens (tertiary/aromatic N) is 1. The van der Waals surface area contributed by atoms with Crippen molar-refractivity contribution in [2.24, 2.45) is 11.7 Å². The number of nitrogen functional groups attached to an aromatic ring is 1. The second-order valence-electron chi connectivity index (χ2n) is 6.52. The summed E-state index contributed by atoms with van der Waals surface area (Å²) in [6.07, 6.45) is 1.41. The second kappa shape index (κ2) is 7.99. The molecule has 2 rings (SSSR count). The molecule has 0 spiro atoms. The maximum absolute atomic E-state index is 12.4. The molecule has 0 aromatic heterocycles. The molecular weight excluding hydrogens is 338 g/mol. The Morgan fingerprint density at radius 3 is 2.54 bits per heavy atom. The molecule has 1 aliphatic rings. The Kier molecular flexibility index (Phi) is 5.97. The molecule has 1 atom stereocenters. The van der Waals surface area contributed by atoms with Crippen molar-refractivity contribution in [3.05, 3.63) is 28.8 Å². The lowest BCUT2D eigenvalue weighted by atomic mass is 9.91. The van der Waals surface area contributed by atoms with Crippen molar-refractivity contribution < 1.29 is 24.3 Å². The van der Waals surface area contributed by atoms with E-state index in [4.69, 9.17) is 16.6 Å². The predicted molar refractivity (Wildman–Crippen MR) is 94.6 cm³/mol. The second-order valence-corrected chi connectivity index (χ2v) is 6.52. The van der Waals surface area contributed by atoms with Crippen molar-refractivity contribution in [1.29, 1.82) is 0 Å². The molecule has 1 aliphatic heterocycles. The highest BCUT2D eigenvalue weighted by atomic mass is 16.4. The van der Waals surface area contributed by atoms with Crippen LogP contribution in [0.2, 0.25) is 0 Å². The van der Waals surface area contributed by atoms with Gasteiger partial charge < -0.3 is 21.5 Å². The van der Waals surface area contributed by atoms with Crippen LogP contribution in [0.15, 0.2) is 12.1 Å². The van der Waals surface area contributed by atoms with E-state index in [1.165, 1.54) is 13.0 Å². The Morgan fingerprint density at radius 1 is 1.31 bits per heavy atom. The Hall–Kier alpha value is -2.90. The molecule has 0 saturated carbocycles. The number of primary amides is 1. The number of likely N-dealkylation sites (tertiary alicyclic amines) is 1. The minimum atomic E-state index is -1.09. The minimum absolute atomic E-state index is 0.0370. The number of carboxylic acid groups (broad SMARTS) is 1. The maximum Gasteiger partial charge on any atom is 0.304 e. The van der Waals surface area contributed by atoms with Gasteiger partial charge in [-0.25, -0.2) is 0 Å². The van der Waals surface area contributed by atoms with Crippen LogP contribution in [-0.2, 0) is 16.0 Å². The summed E-state index contributed by atoms with van der Waals surface area (Å²) in [5.41, 5.74) is 12.1. The van der Waals surface area contributed by atoms with E-state index >= 15 is 0 Å². The fraction of sp³-hybridized carbons (Fsp3) is 0.444. The molecule has 1 fully saturated rings. The zero-order chi connectivity index (χ0) is 19.4. The van der Waals surface area contributed by atoms with Crippen LogP contribution in [0.3, 0.4) is 0 Å². The molecule has 5 N–H and O–H groups in total. The number of benzene rings is 1. The molecule has 1 heterocycles. The van der Waals surface area contributed by atoms with Crippen molar-refractivity contribution in [2.45, 2.75) is 32.6 Å². The standard InChI is InChI=1S/C18H23N3O5/c1-10(9-14(23)24)17(25)12-5-4-11(15(16(12)19)18(20)26)6-8-21-7-2-3-13(21)22/h4-5,10H,2-3,6-9,19H2,1H3,(H2,20,26)(H,23,24). The van der Waals surface area contributed by atoms with Crippen molar-refractivity contribution in [1.82, 2.24) is 4.90 Å². The van der Waals surface area contributed by atoms with E-state index in [0.717, 1.165) is 6.42 Å². The van der Waals surface area contributed by atoms with Crippen LogP contribution in [0.1, 0.15) is 52.5 Å². The van der Waals surface area contributed by atoms with Crippen LogP contribution >= 0.6 is 0 Å². The van der Waals surface area contributed by atoms with Gasteiger partial charge in [-0.05, 0) is 24.5 Å². The lowest BCUT2D eigenvalue weighted by Gasteiger charge is -2.18. The number of anilines is 1. The smallest absolute Gasteiger partial charge is 0.304 e. The number of carboxylic acids is 1. The van der Waals surface area contributed by atoms with Gasteiger partial charge in [-0.1, -0.05) is 13.0 Å². The number of carbonyl (C=O) groups is 4. The van der Waals surface area contributed by atoms with Crippen LogP contribution in [-0.4, -0.2) is 46.7 Å². The van der Waals surface area contributed by atoms with Crippen molar-refractivity contribution in [3.8, 4) is 0 Å². The quantitative estimate of drug-likeness (QED) is 0.462. The topological polar surface area (TPSA) is 144 Å². The third kappa shape index (κ3) is 4.19. The number of carbonyl (C=O) groups excluding carboxylic acids is 3. The van der Waals surface area contributed by atoms with Gasteiger partial charge in [0.2, 0.25) is 5.91 Å². The lowest BCUT2D eigenvalue weighted by Crippen LogP contribution is -2.28. The number of amides is 2. The number of nitrogens with two attached hydrogens (primary N) is 2. The minimum Gasteiger partial charge on any atom is -0.481 e. The van der Waals surface area contributed by atoms with E-state index in [-0.39, 0.29) is 29.1 Å². The Balaban J connectivity index is 2.27. The molecule has 1 unspecified atom stereocenters. The van der Waals surface area contributed by atoms with Gasteiger partial charge in [-0.3, -0.25) is 19.2 Å². The van der Waals surface area contributed by atoms with E-state index in [9.17, 15) is 19.2 Å². The van der Waals surface area contributed by atoms with Gasteiger partial charge in [0.05, 0.1) is 17.7 Å². The molecule has 1 aromatic carbocycles. The number of rotatable bonds is 8. The Labute approximate surface area is 151 Å². The summed E-state index contributed by atoms with van der Waals surface area (Å²) < 4.78 is 0. The van der Waals surface area contributed by atoms with E-state index in [2.05, 4.69) is 0 Å². The third-order valence-electron chi connectivity index (χ3n) is 4.59. The van der Waals surface area contributed by atoms with E-state index < -0.39 is 23.6 Å². The summed E-state index contributed by atoms with van der Waals surface area (Å²) in [7, 11) is 0. The molecule has 1 saturated heterocycles. The average Bonchev–Trinajstić information content (AvgIpc) is 2.96. The van der Waals surface area contributed by atoms with Gasteiger partial charge >= 0.3 is 5.97 Å². The van der Waals surface area contributed by atoms with Crippen LogP contribution < -0.4 is 11.5 Å². The molecule has 1 aromatic rings. The van der Waals surface area contributed by atoms with Gasteiger partial charge in [-0.15, -0.1) is 0 Å². The van der Waals surface area contributed by atoms with E-state index in [1.54, 1.807) is 11.0 Å². The monoisotopic (exact) mass is 361 g/mol. The van der Waals surface area contributed by atoms with Crippen LogP contribution in [0.25, 0.3) is 0 Å². The van der Waals surface area contributed by atoms with Gasteiger partial charge in [0, 0.05) is 31.0 Å². The summed E-state index contributed by atoms with van der Waals surface area (Å²) in [5, 5.41) is 8.84. The van der Waals surface area contributed by atoms with Gasteiger partial charge in [0.25, 0.3) is 5.91 Å². The van der Waals surface area contributed by atoms with Crippen molar-refractivity contribution in [2.75, 3.05) is 18.8 Å². The van der Waals surface area contributed by atoms with Crippen molar-refractivity contribution in [3.63, 3.8) is 0 Å². The molecule has 8 nitrogen and oxygen atoms in total. The first-order valence-corrected chi connectivity index (χ1v) is 8.47. The highest BCUT2D eigenvalue weighted by Gasteiger charge is 2.25. The molecule has 0 bridgehead atoms. The van der Waals surface area contributed by atoms with Crippen LogP contribution in [0, 0.1) is 5.92 Å². The molecule has 0 aliphatic carbocycles. The normalized spacial score (nSPS) is 15.1. The first-order valence-electron chi connectivity index (χ1n) is 8.47. The first-order chi connectivity index (χ1) is 12.2. The maximum atomic E-state index is 12.4. The van der Waals surface area contributed by atoms with E-state index in [0.29, 0.717) is 31.5 Å². The zero-order valence-corrected chi connectivity index (χ0v) is 14.7. The fourth-order valence-electron chi connectivity index (χ4n) is 3.19. The Bertz CT molecular complexity index is 759. The van der Waals surface area contributed by atoms with Gasteiger partial charge in [0.1, 0.15) is 0 Å². The van der Waals surface area contributed by atoms with Crippen LogP contribution in [0.5, 0.6) is 0 Å². The molecule has 2 amide bonds. The highest BCUT2D eigenvalue weighted by Crippen LogP contribution is 2.26. The Morgan fingerprint density at radius 2 is 2.00 bits per heavy atom. The highest BCUT2D eigenvalue weighted by molar-refractivity contribution is 6.09. The molecular formula is C18H23N3O5. The van der Waals surface area contributed by atoms with Crippen molar-refractivity contribution >= 4 is 29.3 Å². The summed E-state index contributed by atoms with van der Waals surface area (Å²) in [6.45, 7) is 2.62. The van der Waals surface area contributed by atoms with Gasteiger partial charge in [-0.2, -0.15) is 0 Å².